The van der Waals surface area contributed by atoms with Crippen LogP contribution in [-0.4, -0.2) is 21.2 Å². The van der Waals surface area contributed by atoms with Crippen molar-refractivity contribution in [3.63, 3.8) is 0 Å². The molecule has 0 aliphatic carbocycles. The molecule has 0 radical (unpaired) electrons. The highest BCUT2D eigenvalue weighted by Crippen LogP contribution is 2.22. The van der Waals surface area contributed by atoms with Gasteiger partial charge in [0.25, 0.3) is 11.8 Å². The number of benzene rings is 3. The van der Waals surface area contributed by atoms with Crippen LogP contribution in [0.5, 0.6) is 5.75 Å². The maximum atomic E-state index is 12.9. The number of rotatable bonds is 7. The largest absolute Gasteiger partial charge is 0.487 e. The van der Waals surface area contributed by atoms with E-state index < -0.39 is 0 Å². The Morgan fingerprint density at radius 1 is 0.811 bits per heavy atom. The first-order valence-corrected chi connectivity index (χ1v) is 11.9. The SMILES string of the molecule is Cc1ccc2nc(COc3ccc(C(=O)Nc4cc(NC(=O)c5ccccc5)ccc4C)cc3)cn2c1. The maximum Gasteiger partial charge on any atom is 0.255 e. The lowest BCUT2D eigenvalue weighted by molar-refractivity contribution is 0.101. The zero-order chi connectivity index (χ0) is 25.8. The molecule has 0 spiro atoms. The average Bonchev–Trinajstić information content (AvgIpc) is 3.32. The molecule has 0 aliphatic rings. The monoisotopic (exact) mass is 490 g/mol. The molecule has 5 aromatic rings. The Hall–Kier alpha value is -4.91. The predicted molar refractivity (Wildman–Crippen MR) is 144 cm³/mol. The van der Waals surface area contributed by atoms with Gasteiger partial charge in [-0.15, -0.1) is 0 Å². The summed E-state index contributed by atoms with van der Waals surface area (Å²) in [4.78, 5) is 29.9. The Labute approximate surface area is 214 Å². The van der Waals surface area contributed by atoms with Gasteiger partial charge in [-0.05, 0) is 79.6 Å². The number of amides is 2. The third-order valence-electron chi connectivity index (χ3n) is 5.93. The van der Waals surface area contributed by atoms with Crippen molar-refractivity contribution in [3.8, 4) is 5.75 Å². The van der Waals surface area contributed by atoms with Gasteiger partial charge in [-0.2, -0.15) is 0 Å². The number of nitrogens with one attached hydrogen (secondary N) is 2. The van der Waals surface area contributed by atoms with E-state index >= 15 is 0 Å². The van der Waals surface area contributed by atoms with E-state index in [0.29, 0.717) is 34.9 Å². The summed E-state index contributed by atoms with van der Waals surface area (Å²) in [5, 5.41) is 5.80. The van der Waals surface area contributed by atoms with Gasteiger partial charge in [0.2, 0.25) is 0 Å². The summed E-state index contributed by atoms with van der Waals surface area (Å²) in [5.74, 6) is 0.180. The summed E-state index contributed by atoms with van der Waals surface area (Å²) >= 11 is 0. The van der Waals surface area contributed by atoms with Crippen molar-refractivity contribution >= 4 is 28.8 Å². The zero-order valence-electron chi connectivity index (χ0n) is 20.6. The van der Waals surface area contributed by atoms with E-state index in [2.05, 4.69) is 15.6 Å². The molecular formula is C30H26N4O3. The number of hydrogen-bond acceptors (Lipinski definition) is 4. The molecule has 7 nitrogen and oxygen atoms in total. The average molecular weight is 491 g/mol. The number of anilines is 2. The topological polar surface area (TPSA) is 84.7 Å². The number of imidazole rings is 1. The standard InChI is InChI=1S/C30H26N4O3/c1-20-8-15-28-31-25(18-34(28)17-20)19-37-26-13-10-23(11-14-26)30(36)33-27-16-24(12-9-21(27)2)32-29(35)22-6-4-3-5-7-22/h3-18H,19H2,1-2H3,(H,32,35)(H,33,36). The van der Waals surface area contributed by atoms with Crippen LogP contribution in [-0.2, 0) is 6.61 Å². The quantitative estimate of drug-likeness (QED) is 0.292. The minimum Gasteiger partial charge on any atom is -0.487 e. The van der Waals surface area contributed by atoms with Crippen molar-refractivity contribution in [3.05, 3.63) is 125 Å². The fourth-order valence-corrected chi connectivity index (χ4v) is 3.91. The number of carbonyl (C=O) groups excluding carboxylic acids is 2. The van der Waals surface area contributed by atoms with Crippen molar-refractivity contribution in [2.24, 2.45) is 0 Å². The van der Waals surface area contributed by atoms with E-state index in [-0.39, 0.29) is 11.8 Å². The van der Waals surface area contributed by atoms with Crippen molar-refractivity contribution in [1.29, 1.82) is 0 Å². The molecule has 184 valence electrons. The molecule has 2 aromatic heterocycles. The van der Waals surface area contributed by atoms with Crippen LogP contribution in [0, 0.1) is 13.8 Å². The Morgan fingerprint density at radius 3 is 2.32 bits per heavy atom. The fourth-order valence-electron chi connectivity index (χ4n) is 3.91. The van der Waals surface area contributed by atoms with Crippen molar-refractivity contribution in [1.82, 2.24) is 9.38 Å². The van der Waals surface area contributed by atoms with Crippen molar-refractivity contribution in [2.75, 3.05) is 10.6 Å². The number of fused-ring (bicyclic) bond motifs is 1. The van der Waals surface area contributed by atoms with Gasteiger partial charge in [-0.1, -0.05) is 30.3 Å². The molecule has 0 bridgehead atoms. The van der Waals surface area contributed by atoms with Crippen LogP contribution in [0.25, 0.3) is 5.65 Å². The molecule has 0 atom stereocenters. The second kappa shape index (κ2) is 10.4. The first kappa shape index (κ1) is 23.8. The van der Waals surface area contributed by atoms with Gasteiger partial charge >= 0.3 is 0 Å². The molecular weight excluding hydrogens is 464 g/mol. The molecule has 2 N–H and O–H groups in total. The van der Waals surface area contributed by atoms with Gasteiger partial charge in [0, 0.05) is 34.9 Å². The van der Waals surface area contributed by atoms with E-state index in [1.54, 1.807) is 42.5 Å². The maximum absolute atomic E-state index is 12.9. The Bertz CT molecular complexity index is 1570. The molecule has 3 aromatic carbocycles. The predicted octanol–water partition coefficient (Wildman–Crippen LogP) is 6.03. The second-order valence-corrected chi connectivity index (χ2v) is 8.82. The summed E-state index contributed by atoms with van der Waals surface area (Å²) in [5.41, 5.74) is 6.01. The van der Waals surface area contributed by atoms with Crippen molar-refractivity contribution < 1.29 is 14.3 Å². The second-order valence-electron chi connectivity index (χ2n) is 8.82. The minimum atomic E-state index is -0.253. The number of ether oxygens (including phenoxy) is 1. The summed E-state index contributed by atoms with van der Waals surface area (Å²) in [6, 6.07) is 25.3. The summed E-state index contributed by atoms with van der Waals surface area (Å²) in [7, 11) is 0. The molecule has 37 heavy (non-hydrogen) atoms. The molecule has 0 fully saturated rings. The molecule has 0 saturated carbocycles. The minimum absolute atomic E-state index is 0.212. The molecule has 5 rings (SSSR count). The summed E-state index contributed by atoms with van der Waals surface area (Å²) in [6.07, 6.45) is 3.97. The highest BCUT2D eigenvalue weighted by Gasteiger charge is 2.11. The van der Waals surface area contributed by atoms with Crippen LogP contribution in [0.3, 0.4) is 0 Å². The number of aryl methyl sites for hydroxylation is 2. The zero-order valence-corrected chi connectivity index (χ0v) is 20.6. The molecule has 2 amide bonds. The van der Waals surface area contributed by atoms with Crippen LogP contribution in [0.1, 0.15) is 37.5 Å². The van der Waals surface area contributed by atoms with Gasteiger partial charge in [0.15, 0.2) is 0 Å². The Morgan fingerprint density at radius 2 is 1.54 bits per heavy atom. The van der Waals surface area contributed by atoms with Gasteiger partial charge in [-0.3, -0.25) is 9.59 Å². The number of carbonyl (C=O) groups is 2. The van der Waals surface area contributed by atoms with E-state index in [4.69, 9.17) is 4.74 Å². The highest BCUT2D eigenvalue weighted by atomic mass is 16.5. The number of nitrogens with zero attached hydrogens (tertiary/aromatic N) is 2. The third kappa shape index (κ3) is 5.67. The molecule has 0 saturated heterocycles. The number of pyridine rings is 1. The van der Waals surface area contributed by atoms with E-state index in [1.165, 1.54) is 0 Å². The highest BCUT2D eigenvalue weighted by molar-refractivity contribution is 6.06. The van der Waals surface area contributed by atoms with E-state index in [9.17, 15) is 9.59 Å². The van der Waals surface area contributed by atoms with E-state index in [0.717, 1.165) is 22.5 Å². The molecule has 0 aliphatic heterocycles. The van der Waals surface area contributed by atoms with Crippen LogP contribution in [0.4, 0.5) is 11.4 Å². The Kier molecular flexibility index (Phi) is 6.68. The van der Waals surface area contributed by atoms with Gasteiger partial charge in [-0.25, -0.2) is 4.98 Å². The van der Waals surface area contributed by atoms with Gasteiger partial charge < -0.3 is 19.8 Å². The normalized spacial score (nSPS) is 10.8. The van der Waals surface area contributed by atoms with Crippen molar-refractivity contribution in [2.45, 2.75) is 20.5 Å². The molecule has 0 unspecified atom stereocenters. The first-order valence-electron chi connectivity index (χ1n) is 11.9. The third-order valence-corrected chi connectivity index (χ3v) is 5.93. The van der Waals surface area contributed by atoms with Crippen LogP contribution >= 0.6 is 0 Å². The van der Waals surface area contributed by atoms with Crippen LogP contribution < -0.4 is 15.4 Å². The Balaban J connectivity index is 1.21. The lowest BCUT2D eigenvalue weighted by atomic mass is 10.1. The fraction of sp³-hybridized carbons (Fsp3) is 0.100. The summed E-state index contributed by atoms with van der Waals surface area (Å²) < 4.78 is 7.84. The number of aromatic nitrogens is 2. The van der Waals surface area contributed by atoms with E-state index in [1.807, 2.05) is 73.1 Å². The first-order chi connectivity index (χ1) is 17.9. The van der Waals surface area contributed by atoms with Crippen LogP contribution in [0.2, 0.25) is 0 Å². The lowest BCUT2D eigenvalue weighted by Gasteiger charge is -2.12. The van der Waals surface area contributed by atoms with Crippen LogP contribution in [0.15, 0.2) is 97.3 Å². The lowest BCUT2D eigenvalue weighted by Crippen LogP contribution is -2.14. The smallest absolute Gasteiger partial charge is 0.255 e. The molecule has 2 heterocycles. The summed E-state index contributed by atoms with van der Waals surface area (Å²) in [6.45, 7) is 4.26. The number of hydrogen-bond donors (Lipinski definition) is 2. The molecule has 7 heteroatoms. The van der Waals surface area contributed by atoms with Gasteiger partial charge in [0.1, 0.15) is 18.0 Å². The van der Waals surface area contributed by atoms with Gasteiger partial charge in [0.05, 0.1) is 5.69 Å².